The van der Waals surface area contributed by atoms with Gasteiger partial charge in [0, 0.05) is 35.1 Å². The van der Waals surface area contributed by atoms with E-state index in [1.807, 2.05) is 0 Å². The molecular weight excluding hydrogens is 448 g/mol. The molecule has 162 valence electrons. The number of halogens is 1. The van der Waals surface area contributed by atoms with Crippen molar-refractivity contribution in [1.29, 1.82) is 0 Å². The minimum absolute atomic E-state index is 0.0138. The molecule has 0 spiro atoms. The average Bonchev–Trinajstić information content (AvgIpc) is 3.13. The van der Waals surface area contributed by atoms with Crippen molar-refractivity contribution in [1.82, 2.24) is 9.21 Å². The minimum Gasteiger partial charge on any atom is -0.465 e. The predicted octanol–water partition coefficient (Wildman–Crippen LogP) is 3.42. The Kier molecular flexibility index (Phi) is 6.86. The van der Waals surface area contributed by atoms with E-state index in [4.69, 9.17) is 16.3 Å². The van der Waals surface area contributed by atoms with Crippen LogP contribution in [0.15, 0.2) is 28.5 Å². The summed E-state index contributed by atoms with van der Waals surface area (Å²) in [4.78, 5) is 27.7. The van der Waals surface area contributed by atoms with Crippen LogP contribution in [0.25, 0.3) is 0 Å². The molecule has 0 aliphatic carbocycles. The molecule has 0 radical (unpaired) electrons. The van der Waals surface area contributed by atoms with Crippen LogP contribution in [0.1, 0.15) is 45.0 Å². The number of carbonyl (C=O) groups is 2. The number of carbonyl (C=O) groups excluding carboxylic acids is 2. The smallest absolute Gasteiger partial charge is 0.340 e. The monoisotopic (exact) mass is 470 g/mol. The molecule has 1 aromatic carbocycles. The van der Waals surface area contributed by atoms with Crippen molar-refractivity contribution < 1.29 is 22.7 Å². The highest BCUT2D eigenvalue weighted by atomic mass is 35.5. The van der Waals surface area contributed by atoms with Crippen molar-refractivity contribution in [2.75, 3.05) is 26.7 Å². The van der Waals surface area contributed by atoms with Crippen molar-refractivity contribution >= 4 is 44.8 Å². The SMILES string of the molecule is CCN(CC)S(=O)(=O)c1sc2c(c1C(=O)OC)CCN(C(=O)c1cccc(Cl)c1)C2. The normalized spacial score (nSPS) is 14.0. The quantitative estimate of drug-likeness (QED) is 0.604. The Bertz CT molecular complexity index is 1080. The number of rotatable bonds is 6. The van der Waals surface area contributed by atoms with E-state index in [0.29, 0.717) is 47.1 Å². The van der Waals surface area contributed by atoms with Crippen molar-refractivity contribution in [3.63, 3.8) is 0 Å². The molecule has 10 heteroatoms. The molecular formula is C20H23ClN2O5S2. The van der Waals surface area contributed by atoms with E-state index in [1.54, 1.807) is 43.0 Å². The van der Waals surface area contributed by atoms with Crippen LogP contribution in [0.3, 0.4) is 0 Å². The first-order valence-electron chi connectivity index (χ1n) is 9.52. The summed E-state index contributed by atoms with van der Waals surface area (Å²) in [5.74, 6) is -0.864. The zero-order valence-corrected chi connectivity index (χ0v) is 19.4. The second-order valence-corrected chi connectivity index (χ2v) is 10.4. The Morgan fingerprint density at radius 3 is 2.57 bits per heavy atom. The van der Waals surface area contributed by atoms with Crippen molar-refractivity contribution in [3.8, 4) is 0 Å². The van der Waals surface area contributed by atoms with Crippen LogP contribution in [0.5, 0.6) is 0 Å². The van der Waals surface area contributed by atoms with E-state index in [0.717, 1.165) is 11.3 Å². The van der Waals surface area contributed by atoms with Gasteiger partial charge in [0.2, 0.25) is 0 Å². The van der Waals surface area contributed by atoms with E-state index < -0.39 is 16.0 Å². The van der Waals surface area contributed by atoms with Crippen molar-refractivity contribution in [3.05, 3.63) is 50.9 Å². The fourth-order valence-electron chi connectivity index (χ4n) is 3.53. The summed E-state index contributed by atoms with van der Waals surface area (Å²) in [6.45, 7) is 4.67. The molecule has 1 aliphatic rings. The summed E-state index contributed by atoms with van der Waals surface area (Å²) in [7, 11) is -2.61. The van der Waals surface area contributed by atoms with Gasteiger partial charge in [-0.1, -0.05) is 31.5 Å². The predicted molar refractivity (Wildman–Crippen MR) is 116 cm³/mol. The van der Waals surface area contributed by atoms with Crippen LogP contribution in [0, 0.1) is 0 Å². The van der Waals surface area contributed by atoms with Crippen LogP contribution in [-0.4, -0.2) is 56.2 Å². The summed E-state index contributed by atoms with van der Waals surface area (Å²) >= 11 is 7.04. The number of sulfonamides is 1. The third-order valence-electron chi connectivity index (χ3n) is 5.05. The fourth-order valence-corrected chi connectivity index (χ4v) is 7.22. The minimum atomic E-state index is -3.85. The lowest BCUT2D eigenvalue weighted by Crippen LogP contribution is -2.35. The van der Waals surface area contributed by atoms with E-state index in [9.17, 15) is 18.0 Å². The van der Waals surface area contributed by atoms with Gasteiger partial charge in [-0.3, -0.25) is 4.79 Å². The molecule has 0 bridgehead atoms. The van der Waals surface area contributed by atoms with E-state index >= 15 is 0 Å². The number of amides is 1. The van der Waals surface area contributed by atoms with Gasteiger partial charge in [0.1, 0.15) is 4.21 Å². The third kappa shape index (κ3) is 4.12. The molecule has 0 unspecified atom stereocenters. The van der Waals surface area contributed by atoms with Gasteiger partial charge >= 0.3 is 5.97 Å². The standard InChI is InChI=1S/C20H23ClN2O5S2/c1-4-23(5-2)30(26,27)20-17(19(25)28-3)15-9-10-22(12-16(15)29-20)18(24)13-7-6-8-14(21)11-13/h6-8,11H,4-5,9-10,12H2,1-3H3. The zero-order chi connectivity index (χ0) is 22.1. The van der Waals surface area contributed by atoms with Crippen LogP contribution in [-0.2, 0) is 27.7 Å². The Labute approximate surface area is 185 Å². The average molecular weight is 471 g/mol. The van der Waals surface area contributed by atoms with Crippen molar-refractivity contribution in [2.24, 2.45) is 0 Å². The molecule has 0 N–H and O–H groups in total. The Hall–Kier alpha value is -1.94. The number of fused-ring (bicyclic) bond motifs is 1. The summed E-state index contributed by atoms with van der Waals surface area (Å²) < 4.78 is 32.5. The number of hydrogen-bond donors (Lipinski definition) is 0. The highest BCUT2D eigenvalue weighted by Gasteiger charge is 2.37. The van der Waals surface area contributed by atoms with E-state index in [1.165, 1.54) is 11.4 Å². The summed E-state index contributed by atoms with van der Waals surface area (Å²) in [6, 6.07) is 6.69. The number of methoxy groups -OCH3 is 1. The van der Waals surface area contributed by atoms with Crippen LogP contribution >= 0.6 is 22.9 Å². The lowest BCUT2D eigenvalue weighted by Gasteiger charge is -2.27. The van der Waals surface area contributed by atoms with Gasteiger partial charge in [-0.25, -0.2) is 13.2 Å². The molecule has 3 rings (SSSR count). The highest BCUT2D eigenvalue weighted by molar-refractivity contribution is 7.91. The molecule has 0 atom stereocenters. The molecule has 30 heavy (non-hydrogen) atoms. The Morgan fingerprint density at radius 1 is 1.27 bits per heavy atom. The molecule has 7 nitrogen and oxygen atoms in total. The number of nitrogens with zero attached hydrogens (tertiary/aromatic N) is 2. The first-order valence-corrected chi connectivity index (χ1v) is 12.2. The van der Waals surface area contributed by atoms with E-state index in [-0.39, 0.29) is 22.2 Å². The maximum Gasteiger partial charge on any atom is 0.340 e. The van der Waals surface area contributed by atoms with Gasteiger partial charge in [-0.2, -0.15) is 4.31 Å². The lowest BCUT2D eigenvalue weighted by molar-refractivity contribution is 0.0595. The molecule has 2 aromatic rings. The van der Waals surface area contributed by atoms with Crippen LogP contribution in [0.2, 0.25) is 5.02 Å². The third-order valence-corrected chi connectivity index (χ3v) is 9.05. The zero-order valence-electron chi connectivity index (χ0n) is 17.0. The fraction of sp³-hybridized carbons (Fsp3) is 0.400. The van der Waals surface area contributed by atoms with Crippen LogP contribution < -0.4 is 0 Å². The first kappa shape index (κ1) is 22.7. The molecule has 0 saturated heterocycles. The van der Waals surface area contributed by atoms with Gasteiger partial charge in [-0.15, -0.1) is 11.3 Å². The van der Waals surface area contributed by atoms with Gasteiger partial charge < -0.3 is 9.64 Å². The Morgan fingerprint density at radius 2 is 1.97 bits per heavy atom. The van der Waals surface area contributed by atoms with Gasteiger partial charge in [-0.05, 0) is 30.2 Å². The molecule has 0 fully saturated rings. The summed E-state index contributed by atoms with van der Waals surface area (Å²) in [5, 5.41) is 0.468. The van der Waals surface area contributed by atoms with E-state index in [2.05, 4.69) is 0 Å². The first-order chi connectivity index (χ1) is 14.2. The molecule has 1 amide bonds. The maximum atomic E-state index is 13.2. The summed E-state index contributed by atoms with van der Waals surface area (Å²) in [5.41, 5.74) is 1.21. The second kappa shape index (κ2) is 9.05. The van der Waals surface area contributed by atoms with Gasteiger partial charge in [0.05, 0.1) is 19.2 Å². The molecule has 0 saturated carbocycles. The maximum absolute atomic E-state index is 13.2. The molecule has 1 aromatic heterocycles. The van der Waals surface area contributed by atoms with Gasteiger partial charge in [0.25, 0.3) is 15.9 Å². The number of ether oxygens (including phenoxy) is 1. The Balaban J connectivity index is 2.02. The van der Waals surface area contributed by atoms with Gasteiger partial charge in [0.15, 0.2) is 0 Å². The second-order valence-electron chi connectivity index (χ2n) is 6.73. The summed E-state index contributed by atoms with van der Waals surface area (Å²) in [6.07, 6.45) is 0.371. The highest BCUT2D eigenvalue weighted by Crippen LogP contribution is 2.38. The molecule has 2 heterocycles. The number of hydrogen-bond acceptors (Lipinski definition) is 6. The van der Waals surface area contributed by atoms with Crippen molar-refractivity contribution in [2.45, 2.75) is 31.0 Å². The van der Waals surface area contributed by atoms with Crippen LogP contribution in [0.4, 0.5) is 0 Å². The molecule has 1 aliphatic heterocycles. The number of thiophene rings is 1. The largest absolute Gasteiger partial charge is 0.465 e. The number of benzene rings is 1. The number of esters is 1. The lowest BCUT2D eigenvalue weighted by atomic mass is 10.0. The topological polar surface area (TPSA) is 84.0 Å².